The second kappa shape index (κ2) is 7.45. The molecule has 0 aliphatic heterocycles. The Morgan fingerprint density at radius 1 is 1.17 bits per heavy atom. The number of hydrogen-bond donors (Lipinski definition) is 0. The van der Waals surface area contributed by atoms with Crippen molar-refractivity contribution in [2.45, 2.75) is 20.0 Å². The molecule has 0 amide bonds. The Kier molecular flexibility index (Phi) is 4.90. The Balaban J connectivity index is 1.45. The van der Waals surface area contributed by atoms with Gasteiger partial charge in [-0.05, 0) is 36.2 Å². The van der Waals surface area contributed by atoms with E-state index in [2.05, 4.69) is 17.1 Å². The van der Waals surface area contributed by atoms with Gasteiger partial charge in [0, 0.05) is 0 Å². The number of rotatable bonds is 7. The van der Waals surface area contributed by atoms with E-state index in [1.807, 2.05) is 24.3 Å². The van der Waals surface area contributed by atoms with Gasteiger partial charge in [0.25, 0.3) is 11.8 Å². The quantitative estimate of drug-likeness (QED) is 0.616. The Hall–Kier alpha value is -3.09. The molecule has 124 valence electrons. The van der Waals surface area contributed by atoms with E-state index in [1.54, 1.807) is 12.1 Å². The number of carbonyl (C=O) groups is 1. The third-order valence-electron chi connectivity index (χ3n) is 3.24. The minimum absolute atomic E-state index is 0.120. The van der Waals surface area contributed by atoms with Gasteiger partial charge in [-0.3, -0.25) is 0 Å². The summed E-state index contributed by atoms with van der Waals surface area (Å²) in [6, 6.07) is 11.0. The molecule has 0 atom stereocenters. The number of furan rings is 1. The van der Waals surface area contributed by atoms with Crippen molar-refractivity contribution in [3.05, 3.63) is 54.1 Å². The zero-order valence-electron chi connectivity index (χ0n) is 13.1. The second-order valence-corrected chi connectivity index (χ2v) is 4.93. The summed E-state index contributed by atoms with van der Waals surface area (Å²) in [6.45, 7) is 1.76. The van der Waals surface area contributed by atoms with Crippen LogP contribution in [-0.2, 0) is 22.6 Å². The zero-order chi connectivity index (χ0) is 16.8. The van der Waals surface area contributed by atoms with E-state index in [0.29, 0.717) is 11.5 Å². The first-order valence-electron chi connectivity index (χ1n) is 7.48. The highest BCUT2D eigenvalue weighted by molar-refractivity contribution is 5.71. The summed E-state index contributed by atoms with van der Waals surface area (Å²) in [7, 11) is 0. The van der Waals surface area contributed by atoms with Gasteiger partial charge in [0.05, 0.1) is 6.26 Å². The number of nitrogens with zero attached hydrogens (tertiary/aromatic N) is 2. The maximum absolute atomic E-state index is 11.7. The largest absolute Gasteiger partial charge is 0.482 e. The van der Waals surface area contributed by atoms with E-state index in [9.17, 15) is 4.79 Å². The Morgan fingerprint density at radius 2 is 2.00 bits per heavy atom. The number of aromatic nitrogens is 2. The van der Waals surface area contributed by atoms with Crippen molar-refractivity contribution in [2.24, 2.45) is 0 Å². The van der Waals surface area contributed by atoms with E-state index in [0.717, 1.165) is 6.42 Å². The number of carbonyl (C=O) groups excluding carboxylic acids is 1. The van der Waals surface area contributed by atoms with Crippen LogP contribution in [0.5, 0.6) is 5.75 Å². The summed E-state index contributed by atoms with van der Waals surface area (Å²) in [6.07, 6.45) is 2.45. The number of aryl methyl sites for hydroxylation is 1. The molecule has 0 radical (unpaired) electrons. The normalized spacial score (nSPS) is 10.5. The third-order valence-corrected chi connectivity index (χ3v) is 3.24. The van der Waals surface area contributed by atoms with Gasteiger partial charge >= 0.3 is 5.97 Å². The lowest BCUT2D eigenvalue weighted by Crippen LogP contribution is -2.14. The van der Waals surface area contributed by atoms with Gasteiger partial charge < -0.3 is 18.3 Å². The molecule has 0 saturated carbocycles. The molecule has 3 aromatic rings. The monoisotopic (exact) mass is 328 g/mol. The average molecular weight is 328 g/mol. The predicted molar refractivity (Wildman–Crippen MR) is 83.1 cm³/mol. The fourth-order valence-corrected chi connectivity index (χ4v) is 1.96. The van der Waals surface area contributed by atoms with Crippen LogP contribution in [0, 0.1) is 0 Å². The summed E-state index contributed by atoms with van der Waals surface area (Å²) in [5.74, 6) is 0.966. The van der Waals surface area contributed by atoms with E-state index < -0.39 is 5.97 Å². The number of esters is 1. The van der Waals surface area contributed by atoms with Crippen LogP contribution in [0.25, 0.3) is 11.7 Å². The SMILES string of the molecule is CCc1ccc(OCC(=O)OCc2nnc(-c3ccco3)o2)cc1. The van der Waals surface area contributed by atoms with Crippen LogP contribution in [0.15, 0.2) is 51.5 Å². The molecule has 3 rings (SSSR count). The van der Waals surface area contributed by atoms with Crippen LogP contribution in [0.1, 0.15) is 18.4 Å². The van der Waals surface area contributed by atoms with Crippen molar-refractivity contribution in [2.75, 3.05) is 6.61 Å². The summed E-state index contributed by atoms with van der Waals surface area (Å²) in [5, 5.41) is 7.60. The molecule has 7 heteroatoms. The molecule has 0 fully saturated rings. The summed E-state index contributed by atoms with van der Waals surface area (Å²) in [4.78, 5) is 11.7. The maximum atomic E-state index is 11.7. The highest BCUT2D eigenvalue weighted by Gasteiger charge is 2.13. The molecular weight excluding hydrogens is 312 g/mol. The molecule has 1 aromatic carbocycles. The minimum Gasteiger partial charge on any atom is -0.482 e. The molecule has 0 spiro atoms. The highest BCUT2D eigenvalue weighted by atomic mass is 16.6. The van der Waals surface area contributed by atoms with E-state index in [4.69, 9.17) is 18.3 Å². The maximum Gasteiger partial charge on any atom is 0.344 e. The van der Waals surface area contributed by atoms with Gasteiger partial charge in [-0.1, -0.05) is 19.1 Å². The van der Waals surface area contributed by atoms with Gasteiger partial charge in [-0.15, -0.1) is 10.2 Å². The lowest BCUT2D eigenvalue weighted by molar-refractivity contribution is -0.148. The van der Waals surface area contributed by atoms with E-state index >= 15 is 0 Å². The fourth-order valence-electron chi connectivity index (χ4n) is 1.96. The summed E-state index contributed by atoms with van der Waals surface area (Å²) < 4.78 is 20.9. The first kappa shape index (κ1) is 15.8. The van der Waals surface area contributed by atoms with Crippen molar-refractivity contribution in [3.8, 4) is 17.4 Å². The Morgan fingerprint density at radius 3 is 2.71 bits per heavy atom. The van der Waals surface area contributed by atoms with Crippen LogP contribution in [0.4, 0.5) is 0 Å². The fraction of sp³-hybridized carbons (Fsp3) is 0.235. The standard InChI is InChI=1S/C17H16N2O5/c1-2-12-5-7-13(8-6-12)22-11-16(20)23-10-15-18-19-17(24-15)14-4-3-9-21-14/h3-9H,2,10-11H2,1H3. The Labute approximate surface area is 138 Å². The van der Waals surface area contributed by atoms with Crippen molar-refractivity contribution >= 4 is 5.97 Å². The number of benzene rings is 1. The van der Waals surface area contributed by atoms with Crippen molar-refractivity contribution < 1.29 is 23.1 Å². The predicted octanol–water partition coefficient (Wildman–Crippen LogP) is 3.01. The van der Waals surface area contributed by atoms with E-state index in [1.165, 1.54) is 11.8 Å². The topological polar surface area (TPSA) is 87.6 Å². The molecule has 0 bridgehead atoms. The number of ether oxygens (including phenoxy) is 2. The van der Waals surface area contributed by atoms with Crippen molar-refractivity contribution in [1.29, 1.82) is 0 Å². The molecule has 0 aliphatic carbocycles. The highest BCUT2D eigenvalue weighted by Crippen LogP contribution is 2.18. The van der Waals surface area contributed by atoms with Crippen LogP contribution < -0.4 is 4.74 Å². The molecule has 0 unspecified atom stereocenters. The average Bonchev–Trinajstić information content (AvgIpc) is 3.29. The van der Waals surface area contributed by atoms with Gasteiger partial charge in [0.1, 0.15) is 5.75 Å². The van der Waals surface area contributed by atoms with E-state index in [-0.39, 0.29) is 25.0 Å². The molecule has 0 N–H and O–H groups in total. The molecule has 7 nitrogen and oxygen atoms in total. The molecule has 24 heavy (non-hydrogen) atoms. The second-order valence-electron chi connectivity index (χ2n) is 4.93. The Bertz CT molecular complexity index is 778. The summed E-state index contributed by atoms with van der Waals surface area (Å²) >= 11 is 0. The first-order chi connectivity index (χ1) is 11.7. The molecule has 2 aromatic heterocycles. The van der Waals surface area contributed by atoms with Crippen LogP contribution in [-0.4, -0.2) is 22.8 Å². The third kappa shape index (κ3) is 4.01. The zero-order valence-corrected chi connectivity index (χ0v) is 13.1. The van der Waals surface area contributed by atoms with Gasteiger partial charge in [0.15, 0.2) is 19.0 Å². The molecule has 0 aliphatic rings. The molecular formula is C17H16N2O5. The van der Waals surface area contributed by atoms with Crippen molar-refractivity contribution in [1.82, 2.24) is 10.2 Å². The van der Waals surface area contributed by atoms with Crippen molar-refractivity contribution in [3.63, 3.8) is 0 Å². The molecule has 2 heterocycles. The smallest absolute Gasteiger partial charge is 0.344 e. The van der Waals surface area contributed by atoms with Gasteiger partial charge in [-0.2, -0.15) is 0 Å². The van der Waals surface area contributed by atoms with Gasteiger partial charge in [0.2, 0.25) is 0 Å². The minimum atomic E-state index is -0.521. The van der Waals surface area contributed by atoms with Crippen LogP contribution in [0.3, 0.4) is 0 Å². The van der Waals surface area contributed by atoms with Crippen LogP contribution in [0.2, 0.25) is 0 Å². The lowest BCUT2D eigenvalue weighted by atomic mass is 10.2. The lowest BCUT2D eigenvalue weighted by Gasteiger charge is -2.06. The number of hydrogen-bond acceptors (Lipinski definition) is 7. The van der Waals surface area contributed by atoms with Crippen LogP contribution >= 0.6 is 0 Å². The van der Waals surface area contributed by atoms with Gasteiger partial charge in [-0.25, -0.2) is 4.79 Å². The molecule has 0 saturated heterocycles. The first-order valence-corrected chi connectivity index (χ1v) is 7.48. The summed E-state index contributed by atoms with van der Waals surface area (Å²) in [5.41, 5.74) is 1.20.